The van der Waals surface area contributed by atoms with E-state index in [2.05, 4.69) is 11.2 Å². The maximum absolute atomic E-state index is 11.6. The Morgan fingerprint density at radius 1 is 1.77 bits per heavy atom. The summed E-state index contributed by atoms with van der Waals surface area (Å²) in [5.41, 5.74) is -0.357. The van der Waals surface area contributed by atoms with E-state index in [0.29, 0.717) is 13.2 Å². The van der Waals surface area contributed by atoms with Gasteiger partial charge in [0.25, 0.3) is 0 Å². The number of rotatable bonds is 3. The molecule has 0 saturated carbocycles. The van der Waals surface area contributed by atoms with Gasteiger partial charge in [0.05, 0.1) is 24.7 Å². The summed E-state index contributed by atoms with van der Waals surface area (Å²) in [4.78, 5) is 11.6. The van der Waals surface area contributed by atoms with Crippen molar-refractivity contribution in [1.82, 2.24) is 5.32 Å². The summed E-state index contributed by atoms with van der Waals surface area (Å²) in [6.07, 6.45) is 6.00. The molecule has 1 aliphatic rings. The van der Waals surface area contributed by atoms with Gasteiger partial charge in [-0.25, -0.2) is 0 Å². The molecule has 0 aromatic heterocycles. The molecule has 1 atom stereocenters. The number of carbonyl (C=O) groups excluding carboxylic acids is 1. The highest BCUT2D eigenvalue weighted by Gasteiger charge is 2.41. The van der Waals surface area contributed by atoms with Crippen LogP contribution in [0.4, 0.5) is 0 Å². The molecule has 1 aliphatic heterocycles. The van der Waals surface area contributed by atoms with Crippen LogP contribution in [0.15, 0.2) is 0 Å². The fourth-order valence-corrected chi connectivity index (χ4v) is 1.13. The first-order valence-electron chi connectivity index (χ1n) is 4.47. The molecule has 1 heterocycles. The molecule has 1 fully saturated rings. The van der Waals surface area contributed by atoms with Gasteiger partial charge in [-0.05, 0) is 13.3 Å². The highest BCUT2D eigenvalue weighted by atomic mass is 16.5. The van der Waals surface area contributed by atoms with E-state index >= 15 is 0 Å². The first-order chi connectivity index (χ1) is 6.12. The van der Waals surface area contributed by atoms with Crippen molar-refractivity contribution in [3.8, 4) is 12.3 Å². The molecule has 1 unspecified atom stereocenters. The second kappa shape index (κ2) is 3.80. The topological polar surface area (TPSA) is 38.3 Å². The maximum Gasteiger partial charge on any atom is 0.231 e. The molecular weight excluding hydrogens is 166 g/mol. The lowest BCUT2D eigenvalue weighted by molar-refractivity contribution is -0.158. The van der Waals surface area contributed by atoms with Gasteiger partial charge in [0.15, 0.2) is 0 Å². The van der Waals surface area contributed by atoms with Crippen molar-refractivity contribution in [2.24, 2.45) is 5.41 Å². The zero-order valence-corrected chi connectivity index (χ0v) is 8.09. The Morgan fingerprint density at radius 3 is 2.69 bits per heavy atom. The van der Waals surface area contributed by atoms with Crippen LogP contribution in [0, 0.1) is 17.8 Å². The Hall–Kier alpha value is -1.01. The third kappa shape index (κ3) is 2.02. The van der Waals surface area contributed by atoms with Crippen LogP contribution in [-0.2, 0) is 9.53 Å². The van der Waals surface area contributed by atoms with Crippen LogP contribution in [-0.4, -0.2) is 25.2 Å². The van der Waals surface area contributed by atoms with Crippen LogP contribution in [0.1, 0.15) is 20.3 Å². The molecular formula is C10H15NO2. The first kappa shape index (κ1) is 10.1. The average Bonchev–Trinajstić information content (AvgIpc) is 2.09. The second-order valence-corrected chi connectivity index (χ2v) is 3.65. The van der Waals surface area contributed by atoms with Crippen LogP contribution in [0.3, 0.4) is 0 Å². The molecule has 0 aromatic rings. The third-order valence-corrected chi connectivity index (χ3v) is 2.30. The summed E-state index contributed by atoms with van der Waals surface area (Å²) < 4.78 is 5.00. The summed E-state index contributed by atoms with van der Waals surface area (Å²) in [5, 5.41) is 2.80. The monoisotopic (exact) mass is 181 g/mol. The van der Waals surface area contributed by atoms with E-state index in [4.69, 9.17) is 11.2 Å². The third-order valence-electron chi connectivity index (χ3n) is 2.30. The Kier molecular flexibility index (Phi) is 2.94. The van der Waals surface area contributed by atoms with Crippen molar-refractivity contribution in [3.63, 3.8) is 0 Å². The second-order valence-electron chi connectivity index (χ2n) is 3.65. The van der Waals surface area contributed by atoms with Crippen molar-refractivity contribution in [2.75, 3.05) is 13.2 Å². The van der Waals surface area contributed by atoms with Crippen LogP contribution in [0.2, 0.25) is 0 Å². The highest BCUT2D eigenvalue weighted by Crippen LogP contribution is 2.26. The summed E-state index contributed by atoms with van der Waals surface area (Å²) in [6.45, 7) is 4.83. The minimum atomic E-state index is -0.357. The fraction of sp³-hybridized carbons (Fsp3) is 0.700. The van der Waals surface area contributed by atoms with Gasteiger partial charge in [-0.1, -0.05) is 12.8 Å². The average molecular weight is 181 g/mol. The normalized spacial score (nSPS) is 21.0. The molecule has 0 radical (unpaired) electrons. The van der Waals surface area contributed by atoms with E-state index in [9.17, 15) is 4.79 Å². The number of amides is 1. The van der Waals surface area contributed by atoms with Gasteiger partial charge in [-0.2, -0.15) is 0 Å². The lowest BCUT2D eigenvalue weighted by Crippen LogP contribution is -2.53. The van der Waals surface area contributed by atoms with Crippen molar-refractivity contribution >= 4 is 5.91 Å². The molecule has 0 spiro atoms. The number of carbonyl (C=O) groups is 1. The molecule has 72 valence electrons. The predicted octanol–water partition coefficient (Wildman–Crippen LogP) is 0.551. The maximum atomic E-state index is 11.6. The number of ether oxygens (including phenoxy) is 1. The predicted molar refractivity (Wildman–Crippen MR) is 50.0 cm³/mol. The molecule has 3 heteroatoms. The van der Waals surface area contributed by atoms with Crippen LogP contribution in [0.25, 0.3) is 0 Å². The van der Waals surface area contributed by atoms with Gasteiger partial charge >= 0.3 is 0 Å². The first-order valence-corrected chi connectivity index (χ1v) is 4.47. The van der Waals surface area contributed by atoms with E-state index in [1.807, 2.05) is 13.8 Å². The zero-order valence-electron chi connectivity index (χ0n) is 8.09. The van der Waals surface area contributed by atoms with Crippen molar-refractivity contribution < 1.29 is 9.53 Å². The highest BCUT2D eigenvalue weighted by molar-refractivity contribution is 5.83. The van der Waals surface area contributed by atoms with E-state index in [1.165, 1.54) is 0 Å². The van der Waals surface area contributed by atoms with Crippen molar-refractivity contribution in [1.29, 1.82) is 0 Å². The summed E-state index contributed by atoms with van der Waals surface area (Å²) in [6, 6.07) is -0.148. The minimum absolute atomic E-state index is 0.00329. The van der Waals surface area contributed by atoms with Crippen molar-refractivity contribution in [3.05, 3.63) is 0 Å². The smallest absolute Gasteiger partial charge is 0.231 e. The Balaban J connectivity index is 2.45. The standard InChI is InChI=1S/C10H15NO2/c1-4-8(5-2)11-9(12)10(3)6-13-7-10/h1,8H,5-7H2,2-3H3,(H,11,12). The molecule has 0 aliphatic carbocycles. The Bertz CT molecular complexity index is 238. The van der Waals surface area contributed by atoms with Gasteiger partial charge in [-0.15, -0.1) is 6.42 Å². The van der Waals surface area contributed by atoms with E-state index in [-0.39, 0.29) is 17.4 Å². The van der Waals surface area contributed by atoms with Gasteiger partial charge in [0.2, 0.25) is 5.91 Å². The Morgan fingerprint density at radius 2 is 2.38 bits per heavy atom. The van der Waals surface area contributed by atoms with Crippen LogP contribution in [0.5, 0.6) is 0 Å². The molecule has 1 rings (SSSR count). The van der Waals surface area contributed by atoms with E-state index < -0.39 is 0 Å². The summed E-state index contributed by atoms with van der Waals surface area (Å²) in [7, 11) is 0. The number of terminal acetylenes is 1. The molecule has 0 bridgehead atoms. The minimum Gasteiger partial charge on any atom is -0.379 e. The lowest BCUT2D eigenvalue weighted by Gasteiger charge is -2.36. The molecule has 1 N–H and O–H groups in total. The molecule has 1 amide bonds. The zero-order chi connectivity index (χ0) is 9.90. The van der Waals surface area contributed by atoms with E-state index in [0.717, 1.165) is 6.42 Å². The SMILES string of the molecule is C#CC(CC)NC(=O)C1(C)COC1. The molecule has 13 heavy (non-hydrogen) atoms. The van der Waals surface area contributed by atoms with Crippen molar-refractivity contribution in [2.45, 2.75) is 26.3 Å². The number of hydrogen-bond donors (Lipinski definition) is 1. The number of hydrogen-bond acceptors (Lipinski definition) is 2. The summed E-state index contributed by atoms with van der Waals surface area (Å²) >= 11 is 0. The molecule has 0 aromatic carbocycles. The largest absolute Gasteiger partial charge is 0.379 e. The lowest BCUT2D eigenvalue weighted by atomic mass is 9.87. The Labute approximate surface area is 78.8 Å². The van der Waals surface area contributed by atoms with Gasteiger partial charge in [0.1, 0.15) is 0 Å². The fourth-order valence-electron chi connectivity index (χ4n) is 1.13. The van der Waals surface area contributed by atoms with Gasteiger partial charge < -0.3 is 10.1 Å². The summed E-state index contributed by atoms with van der Waals surface area (Å²) in [5.74, 6) is 2.53. The molecule has 3 nitrogen and oxygen atoms in total. The number of nitrogens with one attached hydrogen (secondary N) is 1. The quantitative estimate of drug-likeness (QED) is 0.646. The van der Waals surface area contributed by atoms with Gasteiger partial charge in [0, 0.05) is 0 Å². The van der Waals surface area contributed by atoms with Gasteiger partial charge in [-0.3, -0.25) is 4.79 Å². The molecule has 1 saturated heterocycles. The van der Waals surface area contributed by atoms with Crippen LogP contribution < -0.4 is 5.32 Å². The van der Waals surface area contributed by atoms with Crippen LogP contribution >= 0.6 is 0 Å². The van der Waals surface area contributed by atoms with E-state index in [1.54, 1.807) is 0 Å².